The lowest BCUT2D eigenvalue weighted by Gasteiger charge is -2.37. The van der Waals surface area contributed by atoms with Gasteiger partial charge in [0.1, 0.15) is 11.5 Å². The highest BCUT2D eigenvalue weighted by Crippen LogP contribution is 2.44. The quantitative estimate of drug-likeness (QED) is 0.676. The van der Waals surface area contributed by atoms with Crippen LogP contribution in [0.2, 0.25) is 0 Å². The second-order valence-electron chi connectivity index (χ2n) is 7.67. The van der Waals surface area contributed by atoms with Gasteiger partial charge in [-0.05, 0) is 78.5 Å². The topological polar surface area (TPSA) is 35.2 Å². The van der Waals surface area contributed by atoms with E-state index in [1.54, 1.807) is 0 Å². The van der Waals surface area contributed by atoms with Crippen molar-refractivity contribution in [1.29, 1.82) is 0 Å². The molecule has 1 saturated carbocycles. The summed E-state index contributed by atoms with van der Waals surface area (Å²) in [6, 6.07) is 16.2. The first-order valence-electron chi connectivity index (χ1n) is 9.16. The largest absolute Gasteiger partial charge is 0.457 e. The fourth-order valence-corrected chi connectivity index (χ4v) is 4.04. The lowest BCUT2D eigenvalue weighted by atomic mass is 9.67. The van der Waals surface area contributed by atoms with Gasteiger partial charge in [0.05, 0.1) is 0 Å². The van der Waals surface area contributed by atoms with Crippen molar-refractivity contribution in [2.75, 3.05) is 5.73 Å². The van der Waals surface area contributed by atoms with Crippen molar-refractivity contribution in [2.24, 2.45) is 17.8 Å². The molecule has 3 unspecified atom stereocenters. The molecule has 0 aromatic heterocycles. The molecule has 1 aliphatic rings. The van der Waals surface area contributed by atoms with E-state index in [0.29, 0.717) is 5.92 Å². The van der Waals surface area contributed by atoms with E-state index in [1.165, 1.54) is 24.8 Å². The van der Waals surface area contributed by atoms with Crippen LogP contribution in [0.4, 0.5) is 5.69 Å². The highest BCUT2D eigenvalue weighted by molar-refractivity contribution is 5.43. The molecule has 0 amide bonds. The maximum atomic E-state index is 5.92. The maximum Gasteiger partial charge on any atom is 0.127 e. The fourth-order valence-electron chi connectivity index (χ4n) is 4.04. The number of hydrogen-bond donors (Lipinski definition) is 1. The van der Waals surface area contributed by atoms with Crippen molar-refractivity contribution < 1.29 is 4.74 Å². The van der Waals surface area contributed by atoms with Gasteiger partial charge < -0.3 is 10.5 Å². The SMILES string of the molecule is CC1CCC(C(C)C)C(c2ccc(Oc3ccc(N)cc3)cc2)C1. The molecule has 1 aliphatic carbocycles. The third-order valence-electron chi connectivity index (χ3n) is 5.45. The second kappa shape index (κ2) is 7.29. The molecule has 1 fully saturated rings. The van der Waals surface area contributed by atoms with Crippen molar-refractivity contribution in [1.82, 2.24) is 0 Å². The molecular weight excluding hydrogens is 294 g/mol. The molecule has 2 heteroatoms. The molecule has 2 N–H and O–H groups in total. The van der Waals surface area contributed by atoms with Crippen molar-refractivity contribution in [2.45, 2.75) is 46.0 Å². The molecule has 0 heterocycles. The first kappa shape index (κ1) is 16.9. The minimum absolute atomic E-state index is 0.680. The lowest BCUT2D eigenvalue weighted by Crippen LogP contribution is -2.26. The van der Waals surface area contributed by atoms with Crippen molar-refractivity contribution in [3.05, 3.63) is 54.1 Å². The number of rotatable bonds is 4. The van der Waals surface area contributed by atoms with Gasteiger partial charge in [-0.2, -0.15) is 0 Å². The number of benzene rings is 2. The predicted molar refractivity (Wildman–Crippen MR) is 101 cm³/mol. The molecule has 128 valence electrons. The van der Waals surface area contributed by atoms with E-state index in [-0.39, 0.29) is 0 Å². The van der Waals surface area contributed by atoms with E-state index in [9.17, 15) is 0 Å². The molecule has 2 nitrogen and oxygen atoms in total. The predicted octanol–water partition coefficient (Wildman–Crippen LogP) is 6.24. The number of ether oxygens (including phenoxy) is 1. The number of anilines is 1. The third-order valence-corrected chi connectivity index (χ3v) is 5.45. The van der Waals surface area contributed by atoms with Crippen molar-refractivity contribution in [3.8, 4) is 11.5 Å². The van der Waals surface area contributed by atoms with Gasteiger partial charge in [-0.15, -0.1) is 0 Å². The first-order valence-corrected chi connectivity index (χ1v) is 9.16. The third kappa shape index (κ3) is 3.92. The van der Waals surface area contributed by atoms with Crippen LogP contribution in [0.5, 0.6) is 11.5 Å². The summed E-state index contributed by atoms with van der Waals surface area (Å²) in [5, 5.41) is 0. The molecular formula is C22H29NO. The molecule has 3 rings (SSSR count). The molecule has 0 aliphatic heterocycles. The number of hydrogen-bond acceptors (Lipinski definition) is 2. The Morgan fingerprint density at radius 3 is 2.08 bits per heavy atom. The average Bonchev–Trinajstić information content (AvgIpc) is 2.57. The Balaban J connectivity index is 1.74. The molecule has 0 bridgehead atoms. The van der Waals surface area contributed by atoms with Gasteiger partial charge in [0.2, 0.25) is 0 Å². The van der Waals surface area contributed by atoms with Crippen LogP contribution in [0.3, 0.4) is 0 Å². The summed E-state index contributed by atoms with van der Waals surface area (Å²) >= 11 is 0. The van der Waals surface area contributed by atoms with Crippen LogP contribution in [0.25, 0.3) is 0 Å². The first-order chi connectivity index (χ1) is 11.5. The Hall–Kier alpha value is -1.96. The highest BCUT2D eigenvalue weighted by atomic mass is 16.5. The second-order valence-corrected chi connectivity index (χ2v) is 7.67. The summed E-state index contributed by atoms with van der Waals surface area (Å²) in [5.41, 5.74) is 7.93. The molecule has 0 spiro atoms. The Labute approximate surface area is 146 Å². The van der Waals surface area contributed by atoms with Crippen molar-refractivity contribution >= 4 is 5.69 Å². The van der Waals surface area contributed by atoms with E-state index in [4.69, 9.17) is 10.5 Å². The smallest absolute Gasteiger partial charge is 0.127 e. The molecule has 0 saturated heterocycles. The van der Waals surface area contributed by atoms with E-state index in [1.807, 2.05) is 24.3 Å². The standard InChI is InChI=1S/C22H29NO/c1-15(2)21-13-4-16(3)14-22(21)17-5-9-19(10-6-17)24-20-11-7-18(23)8-12-20/h5-12,15-16,21-22H,4,13-14,23H2,1-3H3. The van der Waals surface area contributed by atoms with Gasteiger partial charge in [0, 0.05) is 5.69 Å². The molecule has 2 aromatic rings. The van der Waals surface area contributed by atoms with Gasteiger partial charge in [0.25, 0.3) is 0 Å². The van der Waals surface area contributed by atoms with Crippen LogP contribution in [-0.4, -0.2) is 0 Å². The number of nitrogen functional groups attached to an aromatic ring is 1. The van der Waals surface area contributed by atoms with Crippen LogP contribution in [-0.2, 0) is 0 Å². The van der Waals surface area contributed by atoms with Crippen LogP contribution in [0, 0.1) is 17.8 Å². The highest BCUT2D eigenvalue weighted by Gasteiger charge is 2.31. The Bertz CT molecular complexity index is 645. The van der Waals surface area contributed by atoms with E-state index in [2.05, 4.69) is 45.0 Å². The minimum Gasteiger partial charge on any atom is -0.457 e. The Morgan fingerprint density at radius 2 is 1.50 bits per heavy atom. The van der Waals surface area contributed by atoms with E-state index >= 15 is 0 Å². The van der Waals surface area contributed by atoms with Gasteiger partial charge in [-0.25, -0.2) is 0 Å². The normalized spacial score (nSPS) is 24.1. The van der Waals surface area contributed by atoms with Crippen LogP contribution in [0.15, 0.2) is 48.5 Å². The van der Waals surface area contributed by atoms with Gasteiger partial charge in [-0.3, -0.25) is 0 Å². The molecule has 3 atom stereocenters. The summed E-state index contributed by atoms with van der Waals surface area (Å²) in [5.74, 6) is 4.75. The monoisotopic (exact) mass is 323 g/mol. The summed E-state index contributed by atoms with van der Waals surface area (Å²) in [6.07, 6.45) is 4.03. The average molecular weight is 323 g/mol. The zero-order chi connectivity index (χ0) is 17.1. The van der Waals surface area contributed by atoms with Gasteiger partial charge in [0.15, 0.2) is 0 Å². The Morgan fingerprint density at radius 1 is 0.917 bits per heavy atom. The number of nitrogens with two attached hydrogens (primary N) is 1. The van der Waals surface area contributed by atoms with Crippen LogP contribution in [0.1, 0.15) is 51.5 Å². The molecule has 2 aromatic carbocycles. The summed E-state index contributed by atoms with van der Waals surface area (Å²) in [7, 11) is 0. The molecule has 0 radical (unpaired) electrons. The van der Waals surface area contributed by atoms with Gasteiger partial charge in [-0.1, -0.05) is 39.3 Å². The van der Waals surface area contributed by atoms with Gasteiger partial charge >= 0.3 is 0 Å². The summed E-state index contributed by atoms with van der Waals surface area (Å²) in [6.45, 7) is 7.13. The van der Waals surface area contributed by atoms with E-state index < -0.39 is 0 Å². The summed E-state index contributed by atoms with van der Waals surface area (Å²) < 4.78 is 5.92. The fraction of sp³-hybridized carbons (Fsp3) is 0.455. The lowest BCUT2D eigenvalue weighted by molar-refractivity contribution is 0.197. The summed E-state index contributed by atoms with van der Waals surface area (Å²) in [4.78, 5) is 0. The van der Waals surface area contributed by atoms with Crippen molar-refractivity contribution in [3.63, 3.8) is 0 Å². The molecule has 24 heavy (non-hydrogen) atoms. The van der Waals surface area contributed by atoms with Crippen LogP contribution < -0.4 is 10.5 Å². The zero-order valence-corrected chi connectivity index (χ0v) is 15.0. The zero-order valence-electron chi connectivity index (χ0n) is 15.0. The maximum absolute atomic E-state index is 5.92. The van der Waals surface area contributed by atoms with E-state index in [0.717, 1.165) is 34.9 Å². The minimum atomic E-state index is 0.680. The van der Waals surface area contributed by atoms with Crippen LogP contribution >= 0.6 is 0 Å². The Kier molecular flexibility index (Phi) is 5.13.